The van der Waals surface area contributed by atoms with E-state index >= 15 is 0 Å². The number of hydrogen-bond acceptors (Lipinski definition) is 3. The fraction of sp³-hybridized carbons (Fsp3) is 0.350. The van der Waals surface area contributed by atoms with Gasteiger partial charge in [-0.15, -0.1) is 0 Å². The second-order valence-corrected chi connectivity index (χ2v) is 9.75. The molecule has 1 aliphatic carbocycles. The van der Waals surface area contributed by atoms with E-state index in [1.807, 2.05) is 19.1 Å². The molecule has 0 aromatic heterocycles. The second-order valence-electron chi connectivity index (χ2n) is 7.16. The van der Waals surface area contributed by atoms with Crippen LogP contribution in [-0.4, -0.2) is 32.7 Å². The van der Waals surface area contributed by atoms with Crippen LogP contribution >= 0.6 is 11.6 Å². The third-order valence-electron chi connectivity index (χ3n) is 5.27. The van der Waals surface area contributed by atoms with E-state index in [2.05, 4.69) is 5.32 Å². The van der Waals surface area contributed by atoms with Gasteiger partial charge in [-0.3, -0.25) is 4.79 Å². The van der Waals surface area contributed by atoms with Gasteiger partial charge < -0.3 is 5.32 Å². The molecule has 27 heavy (non-hydrogen) atoms. The molecule has 7 heteroatoms. The lowest BCUT2D eigenvalue weighted by molar-refractivity contribution is -0.124. The normalized spacial score (nSPS) is 16.0. The van der Waals surface area contributed by atoms with Gasteiger partial charge in [0, 0.05) is 24.8 Å². The van der Waals surface area contributed by atoms with Gasteiger partial charge in [-0.05, 0) is 55.2 Å². The van der Waals surface area contributed by atoms with Crippen LogP contribution in [0.15, 0.2) is 47.4 Å². The zero-order valence-corrected chi connectivity index (χ0v) is 17.2. The Morgan fingerprint density at radius 1 is 1.11 bits per heavy atom. The molecule has 0 radical (unpaired) electrons. The van der Waals surface area contributed by atoms with Crippen LogP contribution in [0.25, 0.3) is 0 Å². The number of sulfonamides is 1. The topological polar surface area (TPSA) is 66.5 Å². The van der Waals surface area contributed by atoms with E-state index in [1.54, 1.807) is 24.3 Å². The molecule has 0 aliphatic heterocycles. The number of halogens is 1. The minimum atomic E-state index is -3.57. The number of carbonyl (C=O) groups excluding carboxylic acids is 1. The molecule has 2 aromatic rings. The van der Waals surface area contributed by atoms with Crippen LogP contribution in [0.1, 0.15) is 30.4 Å². The van der Waals surface area contributed by atoms with Gasteiger partial charge in [0.15, 0.2) is 0 Å². The molecule has 0 atom stereocenters. The Morgan fingerprint density at radius 2 is 1.74 bits per heavy atom. The first kappa shape index (κ1) is 19.9. The summed E-state index contributed by atoms with van der Waals surface area (Å²) in [6.07, 6.45) is 2.49. The fourth-order valence-electron chi connectivity index (χ4n) is 3.30. The molecular weight excluding hydrogens is 384 g/mol. The molecule has 1 amide bonds. The first-order valence-electron chi connectivity index (χ1n) is 8.77. The van der Waals surface area contributed by atoms with E-state index < -0.39 is 15.4 Å². The standard InChI is InChI=1S/C20H23ClN2O3S/c1-14-5-10-17(27(25,26)23(2)3)13-18(14)22-19(24)20(11-4-12-20)15-6-8-16(21)9-7-15/h5-10,13H,4,11-12H2,1-3H3,(H,22,24). The van der Waals surface area contributed by atoms with Crippen molar-refractivity contribution >= 4 is 33.2 Å². The molecule has 0 bridgehead atoms. The number of nitrogens with one attached hydrogen (secondary N) is 1. The van der Waals surface area contributed by atoms with Crippen LogP contribution in [0.3, 0.4) is 0 Å². The van der Waals surface area contributed by atoms with Crippen LogP contribution in [-0.2, 0) is 20.2 Å². The van der Waals surface area contributed by atoms with Crippen LogP contribution in [0.2, 0.25) is 5.02 Å². The Hall–Kier alpha value is -1.89. The molecule has 0 saturated heterocycles. The Balaban J connectivity index is 1.92. The van der Waals surface area contributed by atoms with Gasteiger partial charge in [0.05, 0.1) is 10.3 Å². The minimum absolute atomic E-state index is 0.112. The molecule has 1 fully saturated rings. The van der Waals surface area contributed by atoms with Crippen molar-refractivity contribution in [3.05, 3.63) is 58.6 Å². The van der Waals surface area contributed by atoms with Crippen molar-refractivity contribution < 1.29 is 13.2 Å². The molecule has 0 heterocycles. The summed E-state index contributed by atoms with van der Waals surface area (Å²) >= 11 is 5.98. The predicted octanol–water partition coefficient (Wildman–Crippen LogP) is 3.96. The fourth-order valence-corrected chi connectivity index (χ4v) is 4.35. The van der Waals surface area contributed by atoms with Crippen LogP contribution in [0, 0.1) is 6.92 Å². The van der Waals surface area contributed by atoms with E-state index in [-0.39, 0.29) is 10.8 Å². The smallest absolute Gasteiger partial charge is 0.242 e. The summed E-state index contributed by atoms with van der Waals surface area (Å²) in [4.78, 5) is 13.3. The number of hydrogen-bond donors (Lipinski definition) is 1. The van der Waals surface area contributed by atoms with Gasteiger partial charge in [-0.25, -0.2) is 12.7 Å². The van der Waals surface area contributed by atoms with Crippen molar-refractivity contribution in [1.29, 1.82) is 0 Å². The van der Waals surface area contributed by atoms with Crippen molar-refractivity contribution in [2.45, 2.75) is 36.5 Å². The molecule has 0 unspecified atom stereocenters. The summed E-state index contributed by atoms with van der Waals surface area (Å²) in [6.45, 7) is 1.84. The van der Waals surface area contributed by atoms with E-state index in [0.717, 1.165) is 34.7 Å². The first-order chi connectivity index (χ1) is 12.7. The summed E-state index contributed by atoms with van der Waals surface area (Å²) in [5, 5.41) is 3.59. The lowest BCUT2D eigenvalue weighted by atomic mass is 9.64. The molecule has 144 valence electrons. The minimum Gasteiger partial charge on any atom is -0.325 e. The maximum Gasteiger partial charge on any atom is 0.242 e. The average Bonchev–Trinajstić information content (AvgIpc) is 2.57. The Kier molecular flexibility index (Phi) is 5.34. The second kappa shape index (κ2) is 7.26. The van der Waals surface area contributed by atoms with E-state index in [9.17, 15) is 13.2 Å². The molecule has 3 rings (SSSR count). The van der Waals surface area contributed by atoms with Crippen LogP contribution < -0.4 is 5.32 Å². The molecule has 2 aromatic carbocycles. The van der Waals surface area contributed by atoms with Gasteiger partial charge in [0.25, 0.3) is 0 Å². The third kappa shape index (κ3) is 3.61. The molecule has 1 saturated carbocycles. The zero-order chi connectivity index (χ0) is 19.8. The summed E-state index contributed by atoms with van der Waals surface area (Å²) in [6, 6.07) is 12.2. The Labute approximate surface area is 165 Å². The van der Waals surface area contributed by atoms with Crippen molar-refractivity contribution in [1.82, 2.24) is 4.31 Å². The number of carbonyl (C=O) groups is 1. The van der Waals surface area contributed by atoms with Gasteiger partial charge in [-0.2, -0.15) is 0 Å². The molecule has 1 aliphatic rings. The molecule has 0 spiro atoms. The highest BCUT2D eigenvalue weighted by Crippen LogP contribution is 2.45. The SMILES string of the molecule is Cc1ccc(S(=O)(=O)N(C)C)cc1NC(=O)C1(c2ccc(Cl)cc2)CCC1. The number of benzene rings is 2. The summed E-state index contributed by atoms with van der Waals surface area (Å²) in [5.74, 6) is -0.112. The van der Waals surface area contributed by atoms with Crippen molar-refractivity contribution in [3.63, 3.8) is 0 Å². The summed E-state index contributed by atoms with van der Waals surface area (Å²) < 4.78 is 26.0. The number of rotatable bonds is 5. The summed E-state index contributed by atoms with van der Waals surface area (Å²) in [7, 11) is -0.602. The maximum absolute atomic E-state index is 13.1. The van der Waals surface area contributed by atoms with Crippen LogP contribution in [0.5, 0.6) is 0 Å². The highest BCUT2D eigenvalue weighted by molar-refractivity contribution is 7.89. The number of nitrogens with zero attached hydrogens (tertiary/aromatic N) is 1. The highest BCUT2D eigenvalue weighted by atomic mass is 35.5. The van der Waals surface area contributed by atoms with Crippen molar-refractivity contribution in [3.8, 4) is 0 Å². The van der Waals surface area contributed by atoms with Crippen molar-refractivity contribution in [2.24, 2.45) is 0 Å². The van der Waals surface area contributed by atoms with Crippen LogP contribution in [0.4, 0.5) is 5.69 Å². The maximum atomic E-state index is 13.1. The van der Waals surface area contributed by atoms with Gasteiger partial charge in [-0.1, -0.05) is 36.2 Å². The van der Waals surface area contributed by atoms with Gasteiger partial charge in [0.2, 0.25) is 15.9 Å². The van der Waals surface area contributed by atoms with Crippen molar-refractivity contribution in [2.75, 3.05) is 19.4 Å². The van der Waals surface area contributed by atoms with E-state index in [1.165, 1.54) is 20.2 Å². The molecule has 1 N–H and O–H groups in total. The largest absolute Gasteiger partial charge is 0.325 e. The van der Waals surface area contributed by atoms with E-state index in [0.29, 0.717) is 10.7 Å². The third-order valence-corrected chi connectivity index (χ3v) is 7.34. The van der Waals surface area contributed by atoms with Gasteiger partial charge in [0.1, 0.15) is 0 Å². The molecule has 5 nitrogen and oxygen atoms in total. The Bertz CT molecular complexity index is 965. The average molecular weight is 407 g/mol. The highest BCUT2D eigenvalue weighted by Gasteiger charge is 2.45. The lowest BCUT2D eigenvalue weighted by Gasteiger charge is -2.41. The number of aryl methyl sites for hydroxylation is 1. The van der Waals surface area contributed by atoms with Gasteiger partial charge >= 0.3 is 0 Å². The van der Waals surface area contributed by atoms with E-state index in [4.69, 9.17) is 11.6 Å². The number of amides is 1. The Morgan fingerprint density at radius 3 is 2.26 bits per heavy atom. The first-order valence-corrected chi connectivity index (χ1v) is 10.6. The zero-order valence-electron chi connectivity index (χ0n) is 15.6. The molecular formula is C20H23ClN2O3S. The quantitative estimate of drug-likeness (QED) is 0.817. The monoisotopic (exact) mass is 406 g/mol. The lowest BCUT2D eigenvalue weighted by Crippen LogP contribution is -2.46. The summed E-state index contributed by atoms with van der Waals surface area (Å²) in [5.41, 5.74) is 1.67. The predicted molar refractivity (Wildman–Crippen MR) is 108 cm³/mol. The number of anilines is 1.